The molecule has 0 aliphatic rings. The van der Waals surface area contributed by atoms with Crippen LogP contribution in [0.3, 0.4) is 0 Å². The first kappa shape index (κ1) is 14.4. The Kier molecular flexibility index (Phi) is 4.19. The number of halogens is 1. The number of thioether (sulfide) groups is 1. The van der Waals surface area contributed by atoms with Gasteiger partial charge in [-0.3, -0.25) is 0 Å². The van der Waals surface area contributed by atoms with Crippen molar-refractivity contribution in [3.63, 3.8) is 0 Å². The van der Waals surface area contributed by atoms with E-state index in [1.54, 1.807) is 23.1 Å². The molecule has 3 rings (SSSR count). The van der Waals surface area contributed by atoms with Crippen molar-refractivity contribution in [3.05, 3.63) is 51.2 Å². The maximum Gasteiger partial charge on any atom is 0.210 e. The van der Waals surface area contributed by atoms with Crippen LogP contribution in [0.2, 0.25) is 4.34 Å². The summed E-state index contributed by atoms with van der Waals surface area (Å²) in [5, 5.41) is 9.03. The molecule has 2 heterocycles. The highest BCUT2D eigenvalue weighted by Gasteiger charge is 2.12. The summed E-state index contributed by atoms with van der Waals surface area (Å²) < 4.78 is 2.32. The van der Waals surface area contributed by atoms with E-state index in [1.807, 2.05) is 43.3 Å². The van der Waals surface area contributed by atoms with Crippen molar-refractivity contribution in [2.24, 2.45) is 0 Å². The van der Waals surface area contributed by atoms with Gasteiger partial charge in [-0.1, -0.05) is 53.2 Å². The predicted molar refractivity (Wildman–Crippen MR) is 89.2 cm³/mol. The molecule has 3 aromatic rings. The summed E-state index contributed by atoms with van der Waals surface area (Å²) >= 11 is 9.03. The molecule has 2 N–H and O–H groups in total. The van der Waals surface area contributed by atoms with Crippen LogP contribution in [0.15, 0.2) is 41.6 Å². The van der Waals surface area contributed by atoms with Gasteiger partial charge in [-0.2, -0.15) is 0 Å². The highest BCUT2D eigenvalue weighted by Crippen LogP contribution is 2.29. The molecule has 4 nitrogen and oxygen atoms in total. The number of benzene rings is 1. The number of nitrogens with two attached hydrogens (primary N) is 1. The molecular formula is C14H13ClN4S2. The van der Waals surface area contributed by atoms with Crippen LogP contribution in [-0.2, 0) is 5.75 Å². The minimum absolute atomic E-state index is 0.668. The second kappa shape index (κ2) is 6.09. The Morgan fingerprint density at radius 3 is 2.62 bits per heavy atom. The van der Waals surface area contributed by atoms with E-state index in [0.29, 0.717) is 11.0 Å². The van der Waals surface area contributed by atoms with E-state index in [1.165, 1.54) is 15.1 Å². The van der Waals surface area contributed by atoms with Crippen LogP contribution in [-0.4, -0.2) is 14.9 Å². The molecule has 0 saturated carbocycles. The lowest BCUT2D eigenvalue weighted by molar-refractivity contribution is 0.850. The molecule has 0 bridgehead atoms. The fourth-order valence-electron chi connectivity index (χ4n) is 1.84. The molecule has 1 aromatic carbocycles. The van der Waals surface area contributed by atoms with E-state index in [0.717, 1.165) is 15.7 Å². The van der Waals surface area contributed by atoms with Gasteiger partial charge in [-0.25, -0.2) is 4.68 Å². The van der Waals surface area contributed by atoms with Crippen molar-refractivity contribution in [3.8, 4) is 11.4 Å². The van der Waals surface area contributed by atoms with Gasteiger partial charge in [0.1, 0.15) is 0 Å². The molecule has 0 aliphatic carbocycles. The van der Waals surface area contributed by atoms with Crippen molar-refractivity contribution < 1.29 is 0 Å². The third kappa shape index (κ3) is 3.23. The molecule has 0 atom stereocenters. The zero-order valence-electron chi connectivity index (χ0n) is 11.3. The molecule has 0 amide bonds. The van der Waals surface area contributed by atoms with Crippen LogP contribution in [0.5, 0.6) is 0 Å². The Labute approximate surface area is 135 Å². The molecule has 7 heteroatoms. The molecule has 0 radical (unpaired) electrons. The number of rotatable bonds is 4. The number of aryl methyl sites for hydroxylation is 1. The first-order chi connectivity index (χ1) is 10.1. The summed E-state index contributed by atoms with van der Waals surface area (Å²) in [7, 11) is 0. The van der Waals surface area contributed by atoms with Crippen LogP contribution in [0.25, 0.3) is 11.4 Å². The van der Waals surface area contributed by atoms with Crippen molar-refractivity contribution in [1.29, 1.82) is 0 Å². The standard InChI is InChI=1S/C14H13ClN4S2/c1-9-2-4-10(5-3-9)13-17-18-14(19(13)16)20-8-11-6-7-12(15)21-11/h2-7H,8,16H2,1H3. The van der Waals surface area contributed by atoms with Gasteiger partial charge < -0.3 is 5.84 Å². The number of hydrogen-bond donors (Lipinski definition) is 1. The minimum atomic E-state index is 0.668. The second-order valence-electron chi connectivity index (χ2n) is 4.54. The average Bonchev–Trinajstić information content (AvgIpc) is 3.04. The first-order valence-corrected chi connectivity index (χ1v) is 8.46. The van der Waals surface area contributed by atoms with Crippen LogP contribution < -0.4 is 5.84 Å². The Morgan fingerprint density at radius 2 is 1.95 bits per heavy atom. The summed E-state index contributed by atoms with van der Waals surface area (Å²) in [4.78, 5) is 1.19. The average molecular weight is 337 g/mol. The van der Waals surface area contributed by atoms with E-state index in [9.17, 15) is 0 Å². The summed E-state index contributed by atoms with van der Waals surface area (Å²) in [6.45, 7) is 2.05. The summed E-state index contributed by atoms with van der Waals surface area (Å²) in [5.41, 5.74) is 2.16. The highest BCUT2D eigenvalue weighted by atomic mass is 35.5. The van der Waals surface area contributed by atoms with Gasteiger partial charge in [0.05, 0.1) is 4.34 Å². The Bertz CT molecular complexity index is 749. The Hall–Kier alpha value is -1.50. The van der Waals surface area contributed by atoms with Crippen LogP contribution >= 0.6 is 34.7 Å². The molecule has 0 aliphatic heterocycles. The predicted octanol–water partition coefficient (Wildman–Crippen LogP) is 3.97. The smallest absolute Gasteiger partial charge is 0.210 e. The summed E-state index contributed by atoms with van der Waals surface area (Å²) in [6, 6.07) is 12.0. The molecular weight excluding hydrogens is 324 g/mol. The quantitative estimate of drug-likeness (QED) is 0.578. The maximum absolute atomic E-state index is 6.09. The zero-order valence-corrected chi connectivity index (χ0v) is 13.7. The van der Waals surface area contributed by atoms with Crippen molar-refractivity contribution >= 4 is 34.7 Å². The number of hydrogen-bond acceptors (Lipinski definition) is 5. The molecule has 0 fully saturated rings. The van der Waals surface area contributed by atoms with E-state index in [2.05, 4.69) is 10.2 Å². The third-order valence-corrected chi connectivity index (χ3v) is 5.35. The molecule has 0 unspecified atom stereocenters. The lowest BCUT2D eigenvalue weighted by atomic mass is 10.1. The SMILES string of the molecule is Cc1ccc(-c2nnc(SCc3ccc(Cl)s3)n2N)cc1. The maximum atomic E-state index is 6.09. The summed E-state index contributed by atoms with van der Waals surface area (Å²) in [5.74, 6) is 7.54. The van der Waals surface area contributed by atoms with Gasteiger partial charge in [0.2, 0.25) is 5.16 Å². The van der Waals surface area contributed by atoms with Gasteiger partial charge in [-0.05, 0) is 19.1 Å². The van der Waals surface area contributed by atoms with Gasteiger partial charge in [-0.15, -0.1) is 21.5 Å². The van der Waals surface area contributed by atoms with E-state index in [-0.39, 0.29) is 0 Å². The Balaban J connectivity index is 1.77. The van der Waals surface area contributed by atoms with Crippen LogP contribution in [0.1, 0.15) is 10.4 Å². The van der Waals surface area contributed by atoms with Crippen LogP contribution in [0.4, 0.5) is 0 Å². The molecule has 0 saturated heterocycles. The van der Waals surface area contributed by atoms with Crippen LogP contribution in [0, 0.1) is 6.92 Å². The number of nitrogens with zero attached hydrogens (tertiary/aromatic N) is 3. The minimum Gasteiger partial charge on any atom is -0.335 e. The monoisotopic (exact) mass is 336 g/mol. The number of nitrogen functional groups attached to an aromatic ring is 1. The fourth-order valence-corrected chi connectivity index (χ4v) is 3.83. The number of aromatic nitrogens is 3. The zero-order chi connectivity index (χ0) is 14.8. The van der Waals surface area contributed by atoms with Gasteiger partial charge in [0.15, 0.2) is 5.82 Å². The second-order valence-corrected chi connectivity index (χ2v) is 7.28. The van der Waals surface area contributed by atoms with Gasteiger partial charge in [0, 0.05) is 16.2 Å². The normalized spacial score (nSPS) is 11.0. The molecule has 2 aromatic heterocycles. The lowest BCUT2D eigenvalue weighted by Gasteiger charge is -2.03. The molecule has 108 valence electrons. The third-order valence-electron chi connectivity index (χ3n) is 2.95. The van der Waals surface area contributed by atoms with Crippen molar-refractivity contribution in [1.82, 2.24) is 14.9 Å². The van der Waals surface area contributed by atoms with E-state index in [4.69, 9.17) is 17.4 Å². The van der Waals surface area contributed by atoms with E-state index < -0.39 is 0 Å². The topological polar surface area (TPSA) is 56.7 Å². The number of thiophene rings is 1. The largest absolute Gasteiger partial charge is 0.335 e. The highest BCUT2D eigenvalue weighted by molar-refractivity contribution is 7.98. The van der Waals surface area contributed by atoms with Gasteiger partial charge in [0.25, 0.3) is 0 Å². The Morgan fingerprint density at radius 1 is 1.19 bits per heavy atom. The fraction of sp³-hybridized carbons (Fsp3) is 0.143. The van der Waals surface area contributed by atoms with E-state index >= 15 is 0 Å². The van der Waals surface area contributed by atoms with Gasteiger partial charge >= 0.3 is 0 Å². The lowest BCUT2D eigenvalue weighted by Crippen LogP contribution is -2.11. The van der Waals surface area contributed by atoms with Crippen molar-refractivity contribution in [2.45, 2.75) is 17.8 Å². The molecule has 21 heavy (non-hydrogen) atoms. The summed E-state index contributed by atoms with van der Waals surface area (Å²) in [6.07, 6.45) is 0. The first-order valence-electron chi connectivity index (χ1n) is 6.28. The molecule has 0 spiro atoms. The van der Waals surface area contributed by atoms with Crippen molar-refractivity contribution in [2.75, 3.05) is 5.84 Å².